The van der Waals surface area contributed by atoms with Gasteiger partial charge >= 0.3 is 0 Å². The minimum atomic E-state index is 0.829. The highest BCUT2D eigenvalue weighted by Gasteiger charge is 2.05. The molecule has 4 heteroatoms. The predicted octanol–water partition coefficient (Wildman–Crippen LogP) is 3.02. The van der Waals surface area contributed by atoms with Gasteiger partial charge < -0.3 is 5.32 Å². The highest BCUT2D eigenvalue weighted by molar-refractivity contribution is 5.92. The Labute approximate surface area is 105 Å². The summed E-state index contributed by atoms with van der Waals surface area (Å²) >= 11 is 0. The monoisotopic (exact) mass is 238 g/mol. The molecule has 18 heavy (non-hydrogen) atoms. The third kappa shape index (κ3) is 1.93. The smallest absolute Gasteiger partial charge is 0.152 e. The Hall–Kier alpha value is -2.36. The van der Waals surface area contributed by atoms with Crippen LogP contribution in [0.5, 0.6) is 0 Å². The second-order valence-corrected chi connectivity index (χ2v) is 4.39. The van der Waals surface area contributed by atoms with Crippen molar-refractivity contribution in [3.8, 4) is 0 Å². The van der Waals surface area contributed by atoms with E-state index in [1.54, 1.807) is 10.9 Å². The van der Waals surface area contributed by atoms with Gasteiger partial charge in [0.2, 0.25) is 0 Å². The lowest BCUT2D eigenvalue weighted by Crippen LogP contribution is -1.96. The molecule has 0 unspecified atom stereocenters. The molecule has 0 radical (unpaired) electrons. The number of benzene rings is 1. The lowest BCUT2D eigenvalue weighted by molar-refractivity contribution is 0.771. The molecular formula is C14H14N4. The zero-order valence-electron chi connectivity index (χ0n) is 10.4. The summed E-state index contributed by atoms with van der Waals surface area (Å²) < 4.78 is 1.77. The molecule has 0 spiro atoms. The summed E-state index contributed by atoms with van der Waals surface area (Å²) in [6, 6.07) is 10.2. The highest BCUT2D eigenvalue weighted by atomic mass is 15.3. The van der Waals surface area contributed by atoms with Gasteiger partial charge in [0.05, 0.1) is 11.2 Å². The molecule has 0 saturated carbocycles. The average molecular weight is 238 g/mol. The molecule has 0 amide bonds. The SMILES string of the molecule is Cc1cc(Nc2ccn(C)n2)c2ncccc2c1. The first-order valence-corrected chi connectivity index (χ1v) is 5.84. The number of pyridine rings is 1. The van der Waals surface area contributed by atoms with E-state index in [9.17, 15) is 0 Å². The summed E-state index contributed by atoms with van der Waals surface area (Å²) in [4.78, 5) is 4.43. The molecule has 1 N–H and O–H groups in total. The van der Waals surface area contributed by atoms with E-state index in [2.05, 4.69) is 40.5 Å². The fourth-order valence-corrected chi connectivity index (χ4v) is 2.06. The number of nitrogens with zero attached hydrogens (tertiary/aromatic N) is 3. The minimum Gasteiger partial charge on any atom is -0.337 e. The van der Waals surface area contributed by atoms with Gasteiger partial charge in [-0.25, -0.2) is 0 Å². The number of hydrogen-bond acceptors (Lipinski definition) is 3. The molecule has 0 saturated heterocycles. The van der Waals surface area contributed by atoms with Crippen molar-refractivity contribution in [3.63, 3.8) is 0 Å². The van der Waals surface area contributed by atoms with Crippen LogP contribution in [0.3, 0.4) is 0 Å². The number of anilines is 2. The molecular weight excluding hydrogens is 224 g/mol. The van der Waals surface area contributed by atoms with Crippen molar-refractivity contribution in [2.24, 2.45) is 7.05 Å². The van der Waals surface area contributed by atoms with E-state index < -0.39 is 0 Å². The van der Waals surface area contributed by atoms with E-state index in [0.29, 0.717) is 0 Å². The van der Waals surface area contributed by atoms with Gasteiger partial charge in [0, 0.05) is 30.9 Å². The molecule has 90 valence electrons. The summed E-state index contributed by atoms with van der Waals surface area (Å²) in [7, 11) is 1.90. The lowest BCUT2D eigenvalue weighted by Gasteiger charge is -2.08. The third-order valence-electron chi connectivity index (χ3n) is 2.83. The van der Waals surface area contributed by atoms with Crippen molar-refractivity contribution >= 4 is 22.4 Å². The Balaban J connectivity index is 2.10. The van der Waals surface area contributed by atoms with Gasteiger partial charge in [-0.15, -0.1) is 0 Å². The number of rotatable bonds is 2. The number of aryl methyl sites for hydroxylation is 2. The van der Waals surface area contributed by atoms with Crippen LogP contribution in [0.1, 0.15) is 5.56 Å². The lowest BCUT2D eigenvalue weighted by atomic mass is 10.1. The van der Waals surface area contributed by atoms with Crippen LogP contribution in [0.2, 0.25) is 0 Å². The Morgan fingerprint density at radius 2 is 2.11 bits per heavy atom. The Morgan fingerprint density at radius 3 is 2.89 bits per heavy atom. The van der Waals surface area contributed by atoms with Crippen LogP contribution >= 0.6 is 0 Å². The molecule has 0 bridgehead atoms. The maximum Gasteiger partial charge on any atom is 0.152 e. The molecule has 1 aromatic carbocycles. The van der Waals surface area contributed by atoms with E-state index >= 15 is 0 Å². The van der Waals surface area contributed by atoms with Crippen molar-refractivity contribution in [2.75, 3.05) is 5.32 Å². The van der Waals surface area contributed by atoms with E-state index in [1.165, 1.54) is 5.56 Å². The van der Waals surface area contributed by atoms with Crippen LogP contribution in [-0.4, -0.2) is 14.8 Å². The first-order valence-electron chi connectivity index (χ1n) is 5.84. The standard InChI is InChI=1S/C14H14N4/c1-10-8-11-4-3-6-15-14(11)12(9-10)16-13-5-7-18(2)17-13/h3-9H,1-2H3,(H,16,17). The second-order valence-electron chi connectivity index (χ2n) is 4.39. The number of aromatic nitrogens is 3. The molecule has 0 fully saturated rings. The number of nitrogens with one attached hydrogen (secondary N) is 1. The Kier molecular flexibility index (Phi) is 2.48. The van der Waals surface area contributed by atoms with Crippen molar-refractivity contribution in [1.82, 2.24) is 14.8 Å². The maximum absolute atomic E-state index is 4.43. The van der Waals surface area contributed by atoms with E-state index in [-0.39, 0.29) is 0 Å². The molecule has 3 rings (SSSR count). The van der Waals surface area contributed by atoms with E-state index in [4.69, 9.17) is 0 Å². The summed E-state index contributed by atoms with van der Waals surface area (Å²) in [5, 5.41) is 8.77. The van der Waals surface area contributed by atoms with Crippen molar-refractivity contribution in [3.05, 3.63) is 48.3 Å². The van der Waals surface area contributed by atoms with Crippen LogP contribution in [0.4, 0.5) is 11.5 Å². The minimum absolute atomic E-state index is 0.829. The number of fused-ring (bicyclic) bond motifs is 1. The first-order chi connectivity index (χ1) is 8.72. The molecule has 0 atom stereocenters. The van der Waals surface area contributed by atoms with Gasteiger partial charge in [-0.3, -0.25) is 9.67 Å². The highest BCUT2D eigenvalue weighted by Crippen LogP contribution is 2.25. The van der Waals surface area contributed by atoms with Crippen molar-refractivity contribution in [1.29, 1.82) is 0 Å². The molecule has 2 aromatic heterocycles. The van der Waals surface area contributed by atoms with Gasteiger partial charge in [-0.2, -0.15) is 5.10 Å². The summed E-state index contributed by atoms with van der Waals surface area (Å²) in [6.07, 6.45) is 3.72. The quantitative estimate of drug-likeness (QED) is 0.746. The fraction of sp³-hybridized carbons (Fsp3) is 0.143. The van der Waals surface area contributed by atoms with Crippen LogP contribution in [0.25, 0.3) is 10.9 Å². The molecule has 2 heterocycles. The molecule has 4 nitrogen and oxygen atoms in total. The van der Waals surface area contributed by atoms with Gasteiger partial charge in [0.25, 0.3) is 0 Å². The summed E-state index contributed by atoms with van der Waals surface area (Å²) in [5.74, 6) is 0.829. The molecule has 0 aliphatic carbocycles. The van der Waals surface area contributed by atoms with Gasteiger partial charge in [0.1, 0.15) is 0 Å². The predicted molar refractivity (Wildman–Crippen MR) is 73.0 cm³/mol. The Bertz CT molecular complexity index is 700. The van der Waals surface area contributed by atoms with Gasteiger partial charge in [-0.05, 0) is 30.7 Å². The summed E-state index contributed by atoms with van der Waals surface area (Å²) in [5.41, 5.74) is 3.16. The summed E-state index contributed by atoms with van der Waals surface area (Å²) in [6.45, 7) is 2.08. The third-order valence-corrected chi connectivity index (χ3v) is 2.83. The first kappa shape index (κ1) is 10.8. The molecule has 0 aliphatic rings. The van der Waals surface area contributed by atoms with Gasteiger partial charge in [-0.1, -0.05) is 6.07 Å². The zero-order valence-corrected chi connectivity index (χ0v) is 10.4. The second kappa shape index (κ2) is 4.14. The molecule has 3 aromatic rings. The van der Waals surface area contributed by atoms with Crippen LogP contribution < -0.4 is 5.32 Å². The van der Waals surface area contributed by atoms with E-state index in [1.807, 2.05) is 25.4 Å². The fourth-order valence-electron chi connectivity index (χ4n) is 2.06. The van der Waals surface area contributed by atoms with Crippen LogP contribution in [0.15, 0.2) is 42.7 Å². The van der Waals surface area contributed by atoms with Gasteiger partial charge in [0.15, 0.2) is 5.82 Å². The molecule has 0 aliphatic heterocycles. The maximum atomic E-state index is 4.43. The number of hydrogen-bond donors (Lipinski definition) is 1. The topological polar surface area (TPSA) is 42.7 Å². The normalized spacial score (nSPS) is 10.8. The van der Waals surface area contributed by atoms with Crippen LogP contribution in [-0.2, 0) is 7.05 Å². The zero-order chi connectivity index (χ0) is 12.5. The van der Waals surface area contributed by atoms with Crippen molar-refractivity contribution in [2.45, 2.75) is 6.92 Å². The largest absolute Gasteiger partial charge is 0.337 e. The van der Waals surface area contributed by atoms with Crippen LogP contribution in [0, 0.1) is 6.92 Å². The Morgan fingerprint density at radius 1 is 1.22 bits per heavy atom. The van der Waals surface area contributed by atoms with Crippen molar-refractivity contribution < 1.29 is 0 Å². The van der Waals surface area contributed by atoms with E-state index in [0.717, 1.165) is 22.4 Å². The average Bonchev–Trinajstić information content (AvgIpc) is 2.74.